The molecule has 0 saturated carbocycles. The Kier molecular flexibility index (Phi) is 4.43. The van der Waals surface area contributed by atoms with Crippen molar-refractivity contribution in [2.75, 3.05) is 6.61 Å². The summed E-state index contributed by atoms with van der Waals surface area (Å²) in [6, 6.07) is 22.6. The van der Waals surface area contributed by atoms with E-state index in [9.17, 15) is 4.39 Å². The van der Waals surface area contributed by atoms with E-state index in [1.807, 2.05) is 60.5 Å². The van der Waals surface area contributed by atoms with Crippen LogP contribution in [-0.4, -0.2) is 17.3 Å². The van der Waals surface area contributed by atoms with Gasteiger partial charge in [-0.15, -0.1) is 0 Å². The minimum atomic E-state index is -0.601. The zero-order valence-corrected chi connectivity index (χ0v) is 16.1. The van der Waals surface area contributed by atoms with E-state index < -0.39 is 6.23 Å². The molecule has 29 heavy (non-hydrogen) atoms. The molecular formula is C24H21FN2O2. The van der Waals surface area contributed by atoms with Gasteiger partial charge in [0.05, 0.1) is 23.9 Å². The standard InChI is InChI=1S/C24H21FN2O2/c1-2-28-17-13-11-16(12-14-17)21-15-22-19-8-4-6-10-23(19)29-24(27(22)26-21)18-7-3-5-9-20(18)25/h3-14,22,24H,2,15H2,1H3/t22-,24+/m0/s1. The van der Waals surface area contributed by atoms with Crippen LogP contribution in [0.4, 0.5) is 4.39 Å². The summed E-state index contributed by atoms with van der Waals surface area (Å²) < 4.78 is 26.3. The summed E-state index contributed by atoms with van der Waals surface area (Å²) in [5.74, 6) is 1.33. The van der Waals surface area contributed by atoms with E-state index in [-0.39, 0.29) is 11.9 Å². The van der Waals surface area contributed by atoms with Crippen molar-refractivity contribution in [2.24, 2.45) is 5.10 Å². The Hall–Kier alpha value is -3.34. The number of hydrazone groups is 1. The Morgan fingerprint density at radius 2 is 1.72 bits per heavy atom. The topological polar surface area (TPSA) is 34.1 Å². The third kappa shape index (κ3) is 3.12. The highest BCUT2D eigenvalue weighted by Gasteiger charge is 2.41. The number of hydrogen-bond acceptors (Lipinski definition) is 4. The van der Waals surface area contributed by atoms with Crippen molar-refractivity contribution in [2.45, 2.75) is 25.6 Å². The molecule has 4 nitrogen and oxygen atoms in total. The average Bonchev–Trinajstić information content (AvgIpc) is 3.20. The Morgan fingerprint density at radius 3 is 2.48 bits per heavy atom. The molecule has 5 heteroatoms. The predicted molar refractivity (Wildman–Crippen MR) is 110 cm³/mol. The average molecular weight is 388 g/mol. The molecule has 0 fully saturated rings. The molecule has 0 bridgehead atoms. The molecule has 0 saturated heterocycles. The van der Waals surface area contributed by atoms with Crippen LogP contribution in [0.15, 0.2) is 77.9 Å². The lowest BCUT2D eigenvalue weighted by molar-refractivity contribution is -0.0212. The number of fused-ring (bicyclic) bond motifs is 3. The predicted octanol–water partition coefficient (Wildman–Crippen LogP) is 5.47. The molecule has 2 aliphatic rings. The largest absolute Gasteiger partial charge is 0.494 e. The smallest absolute Gasteiger partial charge is 0.216 e. The van der Waals surface area contributed by atoms with Crippen molar-refractivity contribution in [3.05, 3.63) is 95.3 Å². The Balaban J connectivity index is 1.55. The fraction of sp³-hybridized carbons (Fsp3) is 0.208. The van der Waals surface area contributed by atoms with E-state index in [4.69, 9.17) is 14.6 Å². The highest BCUT2D eigenvalue weighted by Crippen LogP contribution is 2.47. The van der Waals surface area contributed by atoms with Crippen molar-refractivity contribution >= 4 is 5.71 Å². The van der Waals surface area contributed by atoms with Crippen molar-refractivity contribution in [3.63, 3.8) is 0 Å². The number of para-hydroxylation sites is 1. The van der Waals surface area contributed by atoms with E-state index in [2.05, 4.69) is 6.07 Å². The van der Waals surface area contributed by atoms with Crippen LogP contribution in [-0.2, 0) is 0 Å². The molecule has 146 valence electrons. The van der Waals surface area contributed by atoms with Crippen LogP contribution in [0.3, 0.4) is 0 Å². The van der Waals surface area contributed by atoms with E-state index in [0.29, 0.717) is 12.2 Å². The second kappa shape index (κ2) is 7.24. The van der Waals surface area contributed by atoms with Crippen LogP contribution in [0.1, 0.15) is 42.3 Å². The summed E-state index contributed by atoms with van der Waals surface area (Å²) in [6.45, 7) is 2.60. The molecule has 3 aromatic rings. The quantitative estimate of drug-likeness (QED) is 0.595. The first-order valence-corrected chi connectivity index (χ1v) is 9.83. The molecule has 0 N–H and O–H groups in total. The summed E-state index contributed by atoms with van der Waals surface area (Å²) >= 11 is 0. The number of halogens is 1. The fourth-order valence-corrected chi connectivity index (χ4v) is 4.00. The van der Waals surface area contributed by atoms with Gasteiger partial charge in [0.15, 0.2) is 0 Å². The number of rotatable bonds is 4. The lowest BCUT2D eigenvalue weighted by Crippen LogP contribution is -2.34. The SMILES string of the molecule is CCOc1ccc(C2=NN3[C@@H](c4ccccc4F)Oc4ccccc4[C@@H]3C2)cc1. The first-order valence-electron chi connectivity index (χ1n) is 9.83. The second-order valence-corrected chi connectivity index (χ2v) is 7.13. The molecule has 0 aliphatic carbocycles. The highest BCUT2D eigenvalue weighted by molar-refractivity contribution is 6.02. The van der Waals surface area contributed by atoms with Gasteiger partial charge in [-0.2, -0.15) is 5.10 Å². The van der Waals surface area contributed by atoms with E-state index >= 15 is 0 Å². The molecule has 2 heterocycles. The first-order chi connectivity index (χ1) is 14.2. The Morgan fingerprint density at radius 1 is 1.00 bits per heavy atom. The maximum atomic E-state index is 14.6. The third-order valence-electron chi connectivity index (χ3n) is 5.37. The highest BCUT2D eigenvalue weighted by atomic mass is 19.1. The van der Waals surface area contributed by atoms with Gasteiger partial charge in [-0.05, 0) is 48.9 Å². The third-order valence-corrected chi connectivity index (χ3v) is 5.37. The zero-order valence-electron chi connectivity index (χ0n) is 16.1. The van der Waals surface area contributed by atoms with Gasteiger partial charge in [-0.1, -0.05) is 36.4 Å². The van der Waals surface area contributed by atoms with Crippen molar-refractivity contribution < 1.29 is 13.9 Å². The Bertz CT molecular complexity index is 1060. The van der Waals surface area contributed by atoms with E-state index in [1.54, 1.807) is 12.1 Å². The zero-order chi connectivity index (χ0) is 19.8. The molecular weight excluding hydrogens is 367 g/mol. The van der Waals surface area contributed by atoms with Crippen LogP contribution in [0.5, 0.6) is 11.5 Å². The lowest BCUT2D eigenvalue weighted by atomic mass is 9.96. The van der Waals surface area contributed by atoms with E-state index in [1.165, 1.54) is 6.07 Å². The molecule has 5 rings (SSSR count). The van der Waals surface area contributed by atoms with Gasteiger partial charge in [-0.3, -0.25) is 0 Å². The monoisotopic (exact) mass is 388 g/mol. The number of nitrogens with zero attached hydrogens (tertiary/aromatic N) is 2. The van der Waals surface area contributed by atoms with Gasteiger partial charge in [-0.25, -0.2) is 9.40 Å². The summed E-state index contributed by atoms with van der Waals surface area (Å²) in [5.41, 5.74) is 3.56. The summed E-state index contributed by atoms with van der Waals surface area (Å²) in [4.78, 5) is 0. The maximum absolute atomic E-state index is 14.6. The summed E-state index contributed by atoms with van der Waals surface area (Å²) in [7, 11) is 0. The minimum Gasteiger partial charge on any atom is -0.494 e. The fourth-order valence-electron chi connectivity index (χ4n) is 4.00. The summed E-state index contributed by atoms with van der Waals surface area (Å²) in [6.07, 6.45) is 0.135. The van der Waals surface area contributed by atoms with E-state index in [0.717, 1.165) is 34.8 Å². The van der Waals surface area contributed by atoms with Crippen molar-refractivity contribution in [3.8, 4) is 11.5 Å². The maximum Gasteiger partial charge on any atom is 0.216 e. The van der Waals surface area contributed by atoms with Gasteiger partial charge in [0.25, 0.3) is 0 Å². The van der Waals surface area contributed by atoms with Crippen molar-refractivity contribution in [1.29, 1.82) is 0 Å². The van der Waals surface area contributed by atoms with Gasteiger partial charge >= 0.3 is 0 Å². The van der Waals surface area contributed by atoms with Crippen LogP contribution in [0.25, 0.3) is 0 Å². The van der Waals surface area contributed by atoms with Crippen LogP contribution < -0.4 is 9.47 Å². The second-order valence-electron chi connectivity index (χ2n) is 7.13. The van der Waals surface area contributed by atoms with Gasteiger partial charge in [0.1, 0.15) is 17.3 Å². The lowest BCUT2D eigenvalue weighted by Gasteiger charge is -2.38. The number of benzene rings is 3. The molecule has 0 spiro atoms. The molecule has 0 aromatic heterocycles. The number of ether oxygens (including phenoxy) is 2. The molecule has 0 unspecified atom stereocenters. The summed E-state index contributed by atoms with van der Waals surface area (Å²) in [5, 5.41) is 6.77. The Labute approximate surface area is 169 Å². The molecule has 0 radical (unpaired) electrons. The minimum absolute atomic E-state index is 0.00567. The van der Waals surface area contributed by atoms with Gasteiger partial charge in [0, 0.05) is 12.0 Å². The molecule has 3 aromatic carbocycles. The first kappa shape index (κ1) is 17.7. The van der Waals surface area contributed by atoms with Gasteiger partial charge in [0.2, 0.25) is 6.23 Å². The van der Waals surface area contributed by atoms with Crippen LogP contribution in [0.2, 0.25) is 0 Å². The number of hydrogen-bond donors (Lipinski definition) is 0. The van der Waals surface area contributed by atoms with Crippen LogP contribution in [0, 0.1) is 5.82 Å². The van der Waals surface area contributed by atoms with Crippen LogP contribution >= 0.6 is 0 Å². The molecule has 2 atom stereocenters. The molecule has 2 aliphatic heterocycles. The normalized spacial score (nSPS) is 19.8. The van der Waals surface area contributed by atoms with Gasteiger partial charge < -0.3 is 9.47 Å². The molecule has 0 amide bonds. The van der Waals surface area contributed by atoms with Crippen molar-refractivity contribution in [1.82, 2.24) is 5.01 Å².